The first-order chi connectivity index (χ1) is 8.16. The third kappa shape index (κ3) is 3.17. The number of aromatic nitrogens is 1. The predicted octanol–water partition coefficient (Wildman–Crippen LogP) is 1.10. The third-order valence-electron chi connectivity index (χ3n) is 3.07. The number of nitrogen functional groups attached to an aromatic ring is 1. The minimum Gasteiger partial charge on any atom is -0.396 e. The van der Waals surface area contributed by atoms with Crippen LogP contribution < -0.4 is 10.6 Å². The van der Waals surface area contributed by atoms with E-state index < -0.39 is 11.1 Å². The fraction of sp³-hybridized carbons (Fsp3) is 0.545. The molecule has 0 saturated carbocycles. The van der Waals surface area contributed by atoms with Crippen LogP contribution in [0.4, 0.5) is 11.4 Å². The van der Waals surface area contributed by atoms with Gasteiger partial charge in [0.2, 0.25) is 0 Å². The summed E-state index contributed by atoms with van der Waals surface area (Å²) in [4.78, 5) is 6.15. The monoisotopic (exact) mass is 255 g/mol. The number of rotatable bonds is 3. The average molecular weight is 255 g/mol. The lowest BCUT2D eigenvalue weighted by Gasteiger charge is -2.34. The van der Waals surface area contributed by atoms with Crippen LogP contribution in [-0.2, 0) is 11.1 Å². The molecule has 0 spiro atoms. The second-order valence-electron chi connectivity index (χ2n) is 4.38. The van der Waals surface area contributed by atoms with Crippen molar-refractivity contribution in [2.45, 2.75) is 12.8 Å². The average Bonchev–Trinajstić information content (AvgIpc) is 2.29. The molecule has 1 aliphatic heterocycles. The van der Waals surface area contributed by atoms with Crippen LogP contribution in [-0.4, -0.2) is 32.6 Å². The highest BCUT2D eigenvalue weighted by molar-refractivity contribution is 7.79. The highest BCUT2D eigenvalue weighted by Gasteiger charge is 2.22. The molecule has 0 radical (unpaired) electrons. The van der Waals surface area contributed by atoms with Crippen molar-refractivity contribution in [2.24, 2.45) is 5.92 Å². The van der Waals surface area contributed by atoms with Gasteiger partial charge in [0.15, 0.2) is 11.1 Å². The van der Waals surface area contributed by atoms with Gasteiger partial charge in [0.25, 0.3) is 0 Å². The Morgan fingerprint density at radius 3 is 3.18 bits per heavy atom. The molecule has 0 aromatic carbocycles. The van der Waals surface area contributed by atoms with Crippen LogP contribution in [0.25, 0.3) is 0 Å². The zero-order valence-corrected chi connectivity index (χ0v) is 10.4. The lowest BCUT2D eigenvalue weighted by atomic mass is 9.99. The van der Waals surface area contributed by atoms with Gasteiger partial charge in [-0.3, -0.25) is 4.98 Å². The highest BCUT2D eigenvalue weighted by Crippen LogP contribution is 2.27. The molecule has 2 unspecified atom stereocenters. The molecule has 5 nitrogen and oxygen atoms in total. The van der Waals surface area contributed by atoms with Crippen molar-refractivity contribution in [1.82, 2.24) is 4.98 Å². The van der Waals surface area contributed by atoms with Gasteiger partial charge >= 0.3 is 0 Å². The second-order valence-corrected chi connectivity index (χ2v) is 5.35. The van der Waals surface area contributed by atoms with Crippen LogP contribution in [0.1, 0.15) is 12.8 Å². The summed E-state index contributed by atoms with van der Waals surface area (Å²) in [5.41, 5.74) is 7.53. The summed E-state index contributed by atoms with van der Waals surface area (Å²) < 4.78 is 19.8. The Balaban J connectivity index is 2.07. The van der Waals surface area contributed by atoms with E-state index in [0.717, 1.165) is 31.6 Å². The van der Waals surface area contributed by atoms with Gasteiger partial charge in [0.1, 0.15) is 0 Å². The molecule has 1 aliphatic rings. The molecule has 6 heteroatoms. The molecule has 17 heavy (non-hydrogen) atoms. The van der Waals surface area contributed by atoms with Gasteiger partial charge in [-0.25, -0.2) is 4.21 Å². The molecule has 0 aliphatic carbocycles. The van der Waals surface area contributed by atoms with Gasteiger partial charge < -0.3 is 15.2 Å². The van der Waals surface area contributed by atoms with E-state index in [1.165, 1.54) is 0 Å². The molecule has 3 N–H and O–H groups in total. The van der Waals surface area contributed by atoms with Crippen molar-refractivity contribution < 1.29 is 8.76 Å². The molecule has 1 aromatic heterocycles. The molecule has 0 amide bonds. The van der Waals surface area contributed by atoms with Gasteiger partial charge in [0.05, 0.1) is 23.3 Å². The van der Waals surface area contributed by atoms with Gasteiger partial charge in [-0.05, 0) is 24.8 Å². The number of hydrogen-bond donors (Lipinski definition) is 2. The minimum atomic E-state index is -1.71. The van der Waals surface area contributed by atoms with Crippen LogP contribution in [0.3, 0.4) is 0 Å². The number of anilines is 2. The van der Waals surface area contributed by atoms with Gasteiger partial charge in [-0.2, -0.15) is 0 Å². The van der Waals surface area contributed by atoms with Crippen LogP contribution >= 0.6 is 0 Å². The molecule has 2 heterocycles. The maximum absolute atomic E-state index is 10.8. The first kappa shape index (κ1) is 12.3. The van der Waals surface area contributed by atoms with E-state index in [1.807, 2.05) is 6.07 Å². The van der Waals surface area contributed by atoms with Crippen LogP contribution in [0.5, 0.6) is 0 Å². The summed E-state index contributed by atoms with van der Waals surface area (Å²) in [6.07, 6.45) is 5.40. The molecule has 0 bridgehead atoms. The van der Waals surface area contributed by atoms with Gasteiger partial charge in [0, 0.05) is 19.3 Å². The van der Waals surface area contributed by atoms with Crippen molar-refractivity contribution in [1.29, 1.82) is 0 Å². The molecular weight excluding hydrogens is 238 g/mol. The smallest absolute Gasteiger partial charge is 0.153 e. The number of hydrogen-bond acceptors (Lipinski definition) is 4. The van der Waals surface area contributed by atoms with Crippen molar-refractivity contribution in [3.63, 3.8) is 0 Å². The summed E-state index contributed by atoms with van der Waals surface area (Å²) >= 11 is -1.71. The summed E-state index contributed by atoms with van der Waals surface area (Å²) in [7, 11) is 0. The fourth-order valence-electron chi connectivity index (χ4n) is 2.31. The highest BCUT2D eigenvalue weighted by atomic mass is 32.2. The minimum absolute atomic E-state index is 0.266. The maximum Gasteiger partial charge on any atom is 0.153 e. The molecule has 2 atom stereocenters. The Kier molecular flexibility index (Phi) is 3.96. The number of piperidine rings is 1. The van der Waals surface area contributed by atoms with E-state index in [4.69, 9.17) is 10.3 Å². The van der Waals surface area contributed by atoms with Crippen molar-refractivity contribution in [3.8, 4) is 0 Å². The predicted molar refractivity (Wildman–Crippen MR) is 69.2 cm³/mol. The summed E-state index contributed by atoms with van der Waals surface area (Å²) in [6, 6.07) is 1.90. The number of nitrogens with zero attached hydrogens (tertiary/aromatic N) is 2. The maximum atomic E-state index is 10.8. The quantitative estimate of drug-likeness (QED) is 0.791. The lowest BCUT2D eigenvalue weighted by molar-refractivity contribution is 0.440. The van der Waals surface area contributed by atoms with Crippen LogP contribution in [0.15, 0.2) is 18.5 Å². The third-order valence-corrected chi connectivity index (χ3v) is 3.82. The van der Waals surface area contributed by atoms with Gasteiger partial charge in [-0.1, -0.05) is 0 Å². The zero-order valence-electron chi connectivity index (χ0n) is 9.58. The van der Waals surface area contributed by atoms with E-state index in [-0.39, 0.29) is 5.92 Å². The number of nitrogens with two attached hydrogens (primary N) is 1. The summed E-state index contributed by atoms with van der Waals surface area (Å²) in [5.74, 6) is 0.615. The van der Waals surface area contributed by atoms with E-state index in [0.29, 0.717) is 11.4 Å². The topological polar surface area (TPSA) is 79.5 Å². The molecule has 1 aromatic rings. The Bertz CT molecular complexity index is 413. The fourth-order valence-corrected chi connectivity index (χ4v) is 2.98. The summed E-state index contributed by atoms with van der Waals surface area (Å²) in [5, 5.41) is 0. The number of pyridine rings is 1. The van der Waals surface area contributed by atoms with Crippen molar-refractivity contribution in [2.75, 3.05) is 29.5 Å². The molecular formula is C11H17N3O2S. The zero-order chi connectivity index (χ0) is 12.3. The Hall–Kier alpha value is -1.14. The van der Waals surface area contributed by atoms with E-state index in [2.05, 4.69) is 9.88 Å². The van der Waals surface area contributed by atoms with Crippen LogP contribution in [0, 0.1) is 5.92 Å². The molecule has 2 rings (SSSR count). The molecule has 1 fully saturated rings. The van der Waals surface area contributed by atoms with Gasteiger partial charge in [-0.15, -0.1) is 0 Å². The normalized spacial score (nSPS) is 22.4. The Morgan fingerprint density at radius 1 is 1.65 bits per heavy atom. The SMILES string of the molecule is Nc1cnccc1N1CCCC(CS(=O)O)C1. The first-order valence-corrected chi connectivity index (χ1v) is 6.96. The molecule has 1 saturated heterocycles. The largest absolute Gasteiger partial charge is 0.396 e. The second kappa shape index (κ2) is 5.46. The van der Waals surface area contributed by atoms with E-state index >= 15 is 0 Å². The summed E-state index contributed by atoms with van der Waals surface area (Å²) in [6.45, 7) is 1.74. The standard InChI is InChI=1S/C11H17N3O2S/c12-10-6-13-4-3-11(10)14-5-1-2-9(7-14)8-17(15)16/h3-4,6,9H,1-2,5,7-8,12H2,(H,15,16). The lowest BCUT2D eigenvalue weighted by Crippen LogP contribution is -2.37. The van der Waals surface area contributed by atoms with Crippen molar-refractivity contribution in [3.05, 3.63) is 18.5 Å². The Labute approximate surface area is 103 Å². The van der Waals surface area contributed by atoms with E-state index in [1.54, 1.807) is 12.4 Å². The Morgan fingerprint density at radius 2 is 2.47 bits per heavy atom. The van der Waals surface area contributed by atoms with Crippen LogP contribution in [0.2, 0.25) is 0 Å². The molecule has 94 valence electrons. The first-order valence-electron chi connectivity index (χ1n) is 5.68. The van der Waals surface area contributed by atoms with Crippen molar-refractivity contribution >= 4 is 22.5 Å². The van der Waals surface area contributed by atoms with E-state index in [9.17, 15) is 4.21 Å².